The Morgan fingerprint density at radius 2 is 1.53 bits per heavy atom. The highest BCUT2D eigenvalue weighted by molar-refractivity contribution is 6.20. The van der Waals surface area contributed by atoms with Gasteiger partial charge in [-0.25, -0.2) is 0 Å². The minimum absolute atomic E-state index is 0.131. The van der Waals surface area contributed by atoms with Crippen molar-refractivity contribution in [3.05, 3.63) is 34.4 Å². The second-order valence-corrected chi connectivity index (χ2v) is 6.58. The van der Waals surface area contributed by atoms with E-state index in [0.29, 0.717) is 0 Å². The van der Waals surface area contributed by atoms with Gasteiger partial charge in [-0.1, -0.05) is 32.9 Å². The van der Waals surface area contributed by atoms with Crippen molar-refractivity contribution in [3.8, 4) is 0 Å². The Morgan fingerprint density at radius 3 is 1.82 bits per heavy atom. The van der Waals surface area contributed by atoms with Gasteiger partial charge in [0.05, 0.1) is 11.5 Å². The van der Waals surface area contributed by atoms with Crippen LogP contribution in [0.15, 0.2) is 12.1 Å². The van der Waals surface area contributed by atoms with Crippen LogP contribution in [0.3, 0.4) is 0 Å². The van der Waals surface area contributed by atoms with Gasteiger partial charge in [0.1, 0.15) is 0 Å². The first-order valence-corrected chi connectivity index (χ1v) is 6.52. The van der Waals surface area contributed by atoms with Crippen molar-refractivity contribution >= 4 is 11.6 Å². The van der Waals surface area contributed by atoms with E-state index in [-0.39, 0.29) is 10.8 Å². The van der Waals surface area contributed by atoms with Crippen molar-refractivity contribution in [2.45, 2.75) is 58.4 Å². The fraction of sp³-hybridized carbons (Fsp3) is 0.600. The van der Waals surface area contributed by atoms with Crippen molar-refractivity contribution < 1.29 is 5.11 Å². The molecule has 0 bridgehead atoms. The third-order valence-electron chi connectivity index (χ3n) is 3.19. The molecular formula is C15H23ClO. The fourth-order valence-corrected chi connectivity index (χ4v) is 2.23. The lowest BCUT2D eigenvalue weighted by Crippen LogP contribution is -2.16. The highest BCUT2D eigenvalue weighted by Gasteiger charge is 2.21. The van der Waals surface area contributed by atoms with Crippen LogP contribution in [0, 0.1) is 13.8 Å². The molecule has 0 aliphatic rings. The van der Waals surface area contributed by atoms with Crippen LogP contribution in [0.1, 0.15) is 56.1 Å². The molecule has 0 aliphatic carbocycles. The second kappa shape index (κ2) is 4.99. The van der Waals surface area contributed by atoms with E-state index in [1.54, 1.807) is 0 Å². The molecule has 0 amide bonds. The smallest absolute Gasteiger partial charge is 0.0955 e. The highest BCUT2D eigenvalue weighted by Crippen LogP contribution is 2.32. The Bertz CT molecular complexity index is 379. The summed E-state index contributed by atoms with van der Waals surface area (Å²) in [6.45, 7) is 12.5. The third kappa shape index (κ3) is 3.23. The summed E-state index contributed by atoms with van der Waals surface area (Å²) in [5, 5.41) is 9.85. The van der Waals surface area contributed by atoms with E-state index >= 15 is 0 Å². The summed E-state index contributed by atoms with van der Waals surface area (Å²) in [6.07, 6.45) is -0.592. The van der Waals surface area contributed by atoms with E-state index in [4.69, 9.17) is 11.6 Å². The normalized spacial score (nSPS) is 15.8. The summed E-state index contributed by atoms with van der Waals surface area (Å²) in [4.78, 5) is 0. The molecule has 0 aliphatic heterocycles. The van der Waals surface area contributed by atoms with Crippen LogP contribution in [0.25, 0.3) is 0 Å². The Kier molecular flexibility index (Phi) is 4.27. The number of benzene rings is 1. The average Bonchev–Trinajstić information content (AvgIpc) is 2.14. The van der Waals surface area contributed by atoms with Crippen molar-refractivity contribution in [3.63, 3.8) is 0 Å². The molecule has 0 heterocycles. The zero-order valence-corrected chi connectivity index (χ0v) is 12.4. The lowest BCUT2D eigenvalue weighted by Gasteiger charge is -2.24. The number of rotatable bonds is 2. The molecule has 2 heteroatoms. The number of aliphatic hydroxyl groups is 1. The van der Waals surface area contributed by atoms with Crippen LogP contribution < -0.4 is 0 Å². The molecule has 2 atom stereocenters. The number of alkyl halides is 1. The van der Waals surface area contributed by atoms with Crippen LogP contribution in [-0.2, 0) is 5.41 Å². The van der Waals surface area contributed by atoms with Crippen molar-refractivity contribution in [1.29, 1.82) is 0 Å². The lowest BCUT2D eigenvalue weighted by atomic mass is 9.83. The molecule has 1 aromatic carbocycles. The van der Waals surface area contributed by atoms with E-state index in [1.807, 2.05) is 20.8 Å². The van der Waals surface area contributed by atoms with E-state index in [1.165, 1.54) is 5.56 Å². The van der Waals surface area contributed by atoms with Crippen LogP contribution in [0.4, 0.5) is 0 Å². The first kappa shape index (κ1) is 14.5. The average molecular weight is 255 g/mol. The maximum atomic E-state index is 10.1. The standard InChI is InChI=1S/C15H23ClO/c1-9-7-12(15(4,5)6)8-10(2)13(9)14(17)11(3)16/h7-8,11,14,17H,1-6H3. The van der Waals surface area contributed by atoms with Gasteiger partial charge in [-0.3, -0.25) is 0 Å². The molecule has 0 saturated carbocycles. The summed E-state index contributed by atoms with van der Waals surface area (Å²) in [5.41, 5.74) is 4.64. The van der Waals surface area contributed by atoms with E-state index in [9.17, 15) is 5.11 Å². The number of aryl methyl sites for hydroxylation is 2. The largest absolute Gasteiger partial charge is 0.387 e. The molecule has 17 heavy (non-hydrogen) atoms. The molecule has 1 N–H and O–H groups in total. The Labute approximate surface area is 110 Å². The van der Waals surface area contributed by atoms with Crippen LogP contribution in [0.5, 0.6) is 0 Å². The van der Waals surface area contributed by atoms with Crippen LogP contribution >= 0.6 is 11.6 Å². The van der Waals surface area contributed by atoms with E-state index in [2.05, 4.69) is 32.9 Å². The van der Waals surface area contributed by atoms with Gasteiger partial charge < -0.3 is 5.11 Å². The van der Waals surface area contributed by atoms with Gasteiger partial charge in [0.25, 0.3) is 0 Å². The van der Waals surface area contributed by atoms with E-state index < -0.39 is 6.10 Å². The van der Waals surface area contributed by atoms with E-state index in [0.717, 1.165) is 16.7 Å². The van der Waals surface area contributed by atoms with Crippen molar-refractivity contribution in [1.82, 2.24) is 0 Å². The van der Waals surface area contributed by atoms with Gasteiger partial charge in [-0.15, -0.1) is 11.6 Å². The molecule has 0 aromatic heterocycles. The molecule has 2 unspecified atom stereocenters. The maximum absolute atomic E-state index is 10.1. The molecule has 1 rings (SSSR count). The summed E-state index contributed by atoms with van der Waals surface area (Å²) in [7, 11) is 0. The molecule has 0 spiro atoms. The third-order valence-corrected chi connectivity index (χ3v) is 3.43. The first-order valence-electron chi connectivity index (χ1n) is 6.08. The molecular weight excluding hydrogens is 232 g/mol. The second-order valence-electron chi connectivity index (χ2n) is 5.90. The fourth-order valence-electron chi connectivity index (χ4n) is 2.10. The van der Waals surface area contributed by atoms with Gasteiger partial charge >= 0.3 is 0 Å². The Morgan fingerprint density at radius 1 is 1.12 bits per heavy atom. The molecule has 96 valence electrons. The molecule has 0 saturated heterocycles. The van der Waals surface area contributed by atoms with Gasteiger partial charge in [0.2, 0.25) is 0 Å². The molecule has 0 fully saturated rings. The number of hydrogen-bond acceptors (Lipinski definition) is 1. The topological polar surface area (TPSA) is 20.2 Å². The molecule has 1 aromatic rings. The van der Waals surface area contributed by atoms with Crippen LogP contribution in [-0.4, -0.2) is 10.5 Å². The van der Waals surface area contributed by atoms with Gasteiger partial charge in [-0.05, 0) is 48.4 Å². The van der Waals surface area contributed by atoms with Gasteiger partial charge in [0, 0.05) is 0 Å². The number of hydrogen-bond donors (Lipinski definition) is 1. The van der Waals surface area contributed by atoms with Crippen molar-refractivity contribution in [2.24, 2.45) is 0 Å². The zero-order chi connectivity index (χ0) is 13.4. The predicted octanol–water partition coefficient (Wildman–Crippen LogP) is 4.26. The molecule has 0 radical (unpaired) electrons. The SMILES string of the molecule is Cc1cc(C(C)(C)C)cc(C)c1C(O)C(C)Cl. The molecule has 1 nitrogen and oxygen atoms in total. The van der Waals surface area contributed by atoms with Crippen molar-refractivity contribution in [2.75, 3.05) is 0 Å². The Hall–Kier alpha value is -0.530. The minimum atomic E-state index is -0.592. The Balaban J connectivity index is 3.29. The lowest BCUT2D eigenvalue weighted by molar-refractivity contribution is 0.176. The first-order chi connectivity index (χ1) is 7.64. The summed E-state index contributed by atoms with van der Waals surface area (Å²) in [6, 6.07) is 4.32. The minimum Gasteiger partial charge on any atom is -0.387 e. The predicted molar refractivity (Wildman–Crippen MR) is 74.9 cm³/mol. The quantitative estimate of drug-likeness (QED) is 0.782. The summed E-state index contributed by atoms with van der Waals surface area (Å²) >= 11 is 5.99. The monoisotopic (exact) mass is 254 g/mol. The summed E-state index contributed by atoms with van der Waals surface area (Å²) in [5.74, 6) is 0. The maximum Gasteiger partial charge on any atom is 0.0955 e. The number of halogens is 1. The van der Waals surface area contributed by atoms with Crippen LogP contribution in [0.2, 0.25) is 0 Å². The zero-order valence-electron chi connectivity index (χ0n) is 11.6. The number of aliphatic hydroxyl groups excluding tert-OH is 1. The van der Waals surface area contributed by atoms with Gasteiger partial charge in [0.15, 0.2) is 0 Å². The highest BCUT2D eigenvalue weighted by atomic mass is 35.5. The summed E-state index contributed by atoms with van der Waals surface area (Å²) < 4.78 is 0. The van der Waals surface area contributed by atoms with Gasteiger partial charge in [-0.2, -0.15) is 0 Å².